The molecule has 1 saturated carbocycles. The standard InChI is InChI=1S/C22H23NO4/c1-2-3-4-20(24)23-17-11-9-15(10-12-17)14-5-7-16(8-6-14)21(25)18-13-19(18)22(26)27/h5-12,18-19H,2-4,13H2,1H3,(H,23,24)(H,26,27). The molecule has 2 aromatic rings. The maximum Gasteiger partial charge on any atom is 0.307 e. The van der Waals surface area contributed by atoms with E-state index in [4.69, 9.17) is 5.11 Å². The summed E-state index contributed by atoms with van der Waals surface area (Å²) in [5, 5.41) is 11.8. The van der Waals surface area contributed by atoms with Crippen molar-refractivity contribution in [2.45, 2.75) is 32.6 Å². The van der Waals surface area contributed by atoms with Crippen molar-refractivity contribution in [3.8, 4) is 11.1 Å². The molecule has 2 unspecified atom stereocenters. The van der Waals surface area contributed by atoms with Crippen LogP contribution in [0.5, 0.6) is 0 Å². The molecule has 0 radical (unpaired) electrons. The Balaban J connectivity index is 1.62. The molecule has 1 aliphatic rings. The number of carboxylic acids is 1. The van der Waals surface area contributed by atoms with E-state index in [2.05, 4.69) is 12.2 Å². The molecule has 0 heterocycles. The molecule has 0 aromatic heterocycles. The molecule has 140 valence electrons. The fourth-order valence-corrected chi connectivity index (χ4v) is 3.11. The number of amides is 1. The van der Waals surface area contributed by atoms with E-state index < -0.39 is 11.9 Å². The van der Waals surface area contributed by atoms with Gasteiger partial charge in [0.15, 0.2) is 5.78 Å². The maximum absolute atomic E-state index is 12.3. The van der Waals surface area contributed by atoms with Crippen molar-refractivity contribution in [2.24, 2.45) is 11.8 Å². The number of anilines is 1. The van der Waals surface area contributed by atoms with Gasteiger partial charge in [0, 0.05) is 23.6 Å². The van der Waals surface area contributed by atoms with E-state index in [1.54, 1.807) is 12.1 Å². The highest BCUT2D eigenvalue weighted by atomic mass is 16.4. The van der Waals surface area contributed by atoms with Crippen LogP contribution in [0.2, 0.25) is 0 Å². The number of nitrogens with one attached hydrogen (secondary N) is 1. The highest BCUT2D eigenvalue weighted by molar-refractivity contribution is 6.03. The van der Waals surface area contributed by atoms with Gasteiger partial charge in [-0.15, -0.1) is 0 Å². The zero-order chi connectivity index (χ0) is 19.4. The summed E-state index contributed by atoms with van der Waals surface area (Å²) < 4.78 is 0. The molecule has 0 bridgehead atoms. The monoisotopic (exact) mass is 365 g/mol. The third-order valence-corrected chi connectivity index (χ3v) is 4.87. The van der Waals surface area contributed by atoms with Crippen LogP contribution in [-0.4, -0.2) is 22.8 Å². The zero-order valence-corrected chi connectivity index (χ0v) is 15.3. The molecule has 2 N–H and O–H groups in total. The Hall–Kier alpha value is -2.95. The third kappa shape index (κ3) is 4.61. The Morgan fingerprint density at radius 2 is 1.56 bits per heavy atom. The summed E-state index contributed by atoms with van der Waals surface area (Å²) in [4.78, 5) is 35.0. The number of hydrogen-bond donors (Lipinski definition) is 2. The summed E-state index contributed by atoms with van der Waals surface area (Å²) in [6.07, 6.45) is 2.82. The van der Waals surface area contributed by atoms with E-state index in [0.29, 0.717) is 18.4 Å². The van der Waals surface area contributed by atoms with Crippen LogP contribution in [0.15, 0.2) is 48.5 Å². The second kappa shape index (κ2) is 8.16. The predicted octanol–water partition coefficient (Wildman–Crippen LogP) is 4.39. The van der Waals surface area contributed by atoms with Gasteiger partial charge in [0.1, 0.15) is 0 Å². The molecule has 0 saturated heterocycles. The van der Waals surface area contributed by atoms with Gasteiger partial charge in [-0.25, -0.2) is 0 Å². The van der Waals surface area contributed by atoms with Crippen molar-refractivity contribution in [1.29, 1.82) is 0 Å². The van der Waals surface area contributed by atoms with Gasteiger partial charge in [-0.05, 0) is 36.1 Å². The van der Waals surface area contributed by atoms with Gasteiger partial charge < -0.3 is 10.4 Å². The minimum atomic E-state index is -0.896. The molecule has 0 spiro atoms. The van der Waals surface area contributed by atoms with Crippen LogP contribution >= 0.6 is 0 Å². The smallest absolute Gasteiger partial charge is 0.307 e. The summed E-state index contributed by atoms with van der Waals surface area (Å²) in [5.41, 5.74) is 3.25. The van der Waals surface area contributed by atoms with E-state index in [-0.39, 0.29) is 17.6 Å². The molecule has 3 rings (SSSR count). The van der Waals surface area contributed by atoms with E-state index in [9.17, 15) is 14.4 Å². The van der Waals surface area contributed by atoms with Crippen LogP contribution in [0.25, 0.3) is 11.1 Å². The molecule has 5 heteroatoms. The number of unbranched alkanes of at least 4 members (excludes halogenated alkanes) is 1. The molecule has 0 aliphatic heterocycles. The Labute approximate surface area is 158 Å². The lowest BCUT2D eigenvalue weighted by molar-refractivity contribution is -0.138. The van der Waals surface area contributed by atoms with Gasteiger partial charge >= 0.3 is 5.97 Å². The van der Waals surface area contributed by atoms with Crippen LogP contribution in [0.1, 0.15) is 43.0 Å². The first-order chi connectivity index (χ1) is 13.0. The summed E-state index contributed by atoms with van der Waals surface area (Å²) in [5.74, 6) is -1.89. The second-order valence-electron chi connectivity index (χ2n) is 6.96. The molecular weight excluding hydrogens is 342 g/mol. The number of ketones is 1. The number of carboxylic acid groups (broad SMARTS) is 1. The number of aliphatic carboxylic acids is 1. The summed E-state index contributed by atoms with van der Waals surface area (Å²) in [6, 6.07) is 14.8. The number of carbonyl (C=O) groups is 3. The van der Waals surface area contributed by atoms with Gasteiger partial charge in [-0.1, -0.05) is 49.7 Å². The fourth-order valence-electron chi connectivity index (χ4n) is 3.11. The summed E-state index contributed by atoms with van der Waals surface area (Å²) >= 11 is 0. The van der Waals surface area contributed by atoms with Crippen LogP contribution in [0.3, 0.4) is 0 Å². The first kappa shape index (κ1) is 18.8. The van der Waals surface area contributed by atoms with Gasteiger partial charge in [0.05, 0.1) is 5.92 Å². The lowest BCUT2D eigenvalue weighted by atomic mass is 10.0. The van der Waals surface area contributed by atoms with Crippen molar-refractivity contribution in [1.82, 2.24) is 0 Å². The Kier molecular flexibility index (Phi) is 5.69. The van der Waals surface area contributed by atoms with Gasteiger partial charge in [-0.2, -0.15) is 0 Å². The van der Waals surface area contributed by atoms with Crippen molar-refractivity contribution >= 4 is 23.3 Å². The number of carbonyl (C=O) groups excluding carboxylic acids is 2. The van der Waals surface area contributed by atoms with E-state index >= 15 is 0 Å². The second-order valence-corrected chi connectivity index (χ2v) is 6.96. The SMILES string of the molecule is CCCCC(=O)Nc1ccc(-c2ccc(C(=O)C3CC3C(=O)O)cc2)cc1. The predicted molar refractivity (Wildman–Crippen MR) is 104 cm³/mol. The van der Waals surface area contributed by atoms with Gasteiger partial charge in [0.2, 0.25) is 5.91 Å². The quantitative estimate of drug-likeness (QED) is 0.680. The van der Waals surface area contributed by atoms with Gasteiger partial charge in [-0.3, -0.25) is 14.4 Å². The maximum atomic E-state index is 12.3. The molecule has 2 aromatic carbocycles. The summed E-state index contributed by atoms with van der Waals surface area (Å²) in [6.45, 7) is 2.05. The molecule has 27 heavy (non-hydrogen) atoms. The molecule has 2 atom stereocenters. The lowest BCUT2D eigenvalue weighted by Gasteiger charge is -2.07. The largest absolute Gasteiger partial charge is 0.481 e. The van der Waals surface area contributed by atoms with E-state index in [1.165, 1.54) is 0 Å². The van der Waals surface area contributed by atoms with Crippen LogP contribution in [-0.2, 0) is 9.59 Å². The zero-order valence-electron chi connectivity index (χ0n) is 15.3. The molecule has 1 fully saturated rings. The highest BCUT2D eigenvalue weighted by Crippen LogP contribution is 2.41. The van der Waals surface area contributed by atoms with E-state index in [1.807, 2.05) is 36.4 Å². The summed E-state index contributed by atoms with van der Waals surface area (Å²) in [7, 11) is 0. The van der Waals surface area contributed by atoms with Crippen molar-refractivity contribution in [3.63, 3.8) is 0 Å². The van der Waals surface area contributed by atoms with Crippen LogP contribution in [0, 0.1) is 11.8 Å². The minimum Gasteiger partial charge on any atom is -0.481 e. The van der Waals surface area contributed by atoms with Crippen molar-refractivity contribution in [3.05, 3.63) is 54.1 Å². The number of rotatable bonds is 8. The number of Topliss-reactive ketones (excluding diaryl/α,β-unsaturated/α-hetero) is 1. The highest BCUT2D eigenvalue weighted by Gasteiger charge is 2.48. The first-order valence-corrected chi connectivity index (χ1v) is 9.27. The third-order valence-electron chi connectivity index (χ3n) is 4.87. The van der Waals surface area contributed by atoms with Crippen LogP contribution < -0.4 is 5.32 Å². The number of benzene rings is 2. The average Bonchev–Trinajstić information content (AvgIpc) is 3.48. The Morgan fingerprint density at radius 1 is 0.963 bits per heavy atom. The van der Waals surface area contributed by atoms with Crippen molar-refractivity contribution in [2.75, 3.05) is 5.32 Å². The minimum absolute atomic E-state index is 0.0206. The van der Waals surface area contributed by atoms with Gasteiger partial charge in [0.25, 0.3) is 0 Å². The fraction of sp³-hybridized carbons (Fsp3) is 0.318. The average molecular weight is 365 g/mol. The molecule has 1 aliphatic carbocycles. The molecular formula is C22H23NO4. The lowest BCUT2D eigenvalue weighted by Crippen LogP contribution is -2.10. The first-order valence-electron chi connectivity index (χ1n) is 9.27. The number of hydrogen-bond acceptors (Lipinski definition) is 3. The normalized spacial score (nSPS) is 18.0. The Morgan fingerprint density at radius 3 is 2.07 bits per heavy atom. The molecule has 1 amide bonds. The van der Waals surface area contributed by atoms with E-state index in [0.717, 1.165) is 29.7 Å². The molecule has 5 nitrogen and oxygen atoms in total. The van der Waals surface area contributed by atoms with Crippen LogP contribution in [0.4, 0.5) is 5.69 Å². The topological polar surface area (TPSA) is 83.5 Å². The van der Waals surface area contributed by atoms with Crippen molar-refractivity contribution < 1.29 is 19.5 Å². The Bertz CT molecular complexity index is 840.